The third kappa shape index (κ3) is 10.3. The van der Waals surface area contributed by atoms with Gasteiger partial charge in [-0.3, -0.25) is 4.98 Å². The minimum absolute atomic E-state index is 0.0982. The lowest BCUT2D eigenvalue weighted by atomic mass is 9.62. The monoisotopic (exact) mass is 845 g/mol. The largest absolute Gasteiger partial charge is 0.256 e. The molecule has 0 spiro atoms. The molecule has 0 radical (unpaired) electrons. The molecule has 65 heavy (non-hydrogen) atoms. The Morgan fingerprint density at radius 2 is 1.26 bits per heavy atom. The summed E-state index contributed by atoms with van der Waals surface area (Å²) in [5.74, 6) is 0.478. The van der Waals surface area contributed by atoms with E-state index in [2.05, 4.69) is 178 Å². The maximum Gasteiger partial charge on any atom is 0.0696 e. The molecule has 1 nitrogen and oxygen atoms in total. The van der Waals surface area contributed by atoms with E-state index in [4.69, 9.17) is 0 Å². The van der Waals surface area contributed by atoms with Crippen molar-refractivity contribution < 1.29 is 0 Å². The topological polar surface area (TPSA) is 12.9 Å². The second-order valence-corrected chi connectivity index (χ2v) is 18.0. The van der Waals surface area contributed by atoms with Crippen LogP contribution in [0.3, 0.4) is 0 Å². The van der Waals surface area contributed by atoms with Crippen LogP contribution in [0.5, 0.6) is 0 Å². The molecule has 324 valence electrons. The van der Waals surface area contributed by atoms with Crippen molar-refractivity contribution >= 4 is 16.7 Å². The molecule has 6 aromatic rings. The fraction of sp³-hybridized carbons (Fsp3) is 0.203. The Labute approximate surface area is 389 Å². The molecule has 1 atom stereocenters. The van der Waals surface area contributed by atoms with E-state index < -0.39 is 0 Å². The zero-order chi connectivity index (χ0) is 45.2. The standard InChI is InChI=1S/C64H63N/c1-7-8-12-21-46(2)49(5)42-61(53-22-13-9-14-23-53)59-44-55(29-27-47(59)3)51-31-35-57(36-32-51)64(39-18-11-19-40-64)58-37-33-52(34-38-58)56-30-28-48(4)60(45-56)62(54-24-15-10-16-25-54)43-50(6)63-26-17-20-41-65-63/h7-10,12-17,20-30,33-35,37-38,41-45,51H,2,5-6,11,18-19,31-32,36,39-40H2,1,3-4H3/b8-7-,21-12-,61-42-,62-43-. The molecule has 1 heteroatoms. The van der Waals surface area contributed by atoms with Crippen molar-refractivity contribution in [3.05, 3.63) is 275 Å². The number of aryl methyl sites for hydroxylation is 2. The van der Waals surface area contributed by atoms with E-state index >= 15 is 0 Å². The van der Waals surface area contributed by atoms with Crippen LogP contribution >= 0.6 is 0 Å². The highest BCUT2D eigenvalue weighted by Crippen LogP contribution is 2.50. The Morgan fingerprint density at radius 1 is 0.631 bits per heavy atom. The van der Waals surface area contributed by atoms with Crippen molar-refractivity contribution in [2.75, 3.05) is 0 Å². The summed E-state index contributed by atoms with van der Waals surface area (Å²) in [5.41, 5.74) is 20.4. The Balaban J connectivity index is 1.07. The van der Waals surface area contributed by atoms with Crippen LogP contribution in [-0.2, 0) is 5.41 Å². The summed E-state index contributed by atoms with van der Waals surface area (Å²) < 4.78 is 0. The van der Waals surface area contributed by atoms with Crippen LogP contribution < -0.4 is 0 Å². The van der Waals surface area contributed by atoms with Crippen LogP contribution in [0.4, 0.5) is 0 Å². The normalized spacial score (nSPS) is 16.7. The first kappa shape index (κ1) is 44.8. The first-order chi connectivity index (χ1) is 31.7. The van der Waals surface area contributed by atoms with Gasteiger partial charge in [-0.1, -0.05) is 196 Å². The fourth-order valence-corrected chi connectivity index (χ4v) is 10.1. The molecule has 1 fully saturated rings. The van der Waals surface area contributed by atoms with Gasteiger partial charge in [0.05, 0.1) is 5.69 Å². The molecule has 0 N–H and O–H groups in total. The van der Waals surface area contributed by atoms with Crippen LogP contribution in [0.15, 0.2) is 225 Å². The Bertz CT molecular complexity index is 2800. The summed E-state index contributed by atoms with van der Waals surface area (Å²) in [6.07, 6.45) is 26.7. The highest BCUT2D eigenvalue weighted by molar-refractivity contribution is 5.91. The third-order valence-corrected chi connectivity index (χ3v) is 13.9. The van der Waals surface area contributed by atoms with E-state index in [-0.39, 0.29) is 5.41 Å². The van der Waals surface area contributed by atoms with Crippen LogP contribution in [-0.4, -0.2) is 4.98 Å². The van der Waals surface area contributed by atoms with Crippen LogP contribution in [0.1, 0.15) is 114 Å². The summed E-state index contributed by atoms with van der Waals surface area (Å²) in [7, 11) is 0. The van der Waals surface area contributed by atoms with Crippen molar-refractivity contribution in [3.63, 3.8) is 0 Å². The number of benzene rings is 5. The minimum atomic E-state index is 0.0982. The van der Waals surface area contributed by atoms with Crippen LogP contribution in [0.25, 0.3) is 27.8 Å². The van der Waals surface area contributed by atoms with Gasteiger partial charge in [0.15, 0.2) is 0 Å². The van der Waals surface area contributed by atoms with Gasteiger partial charge in [0.2, 0.25) is 0 Å². The molecule has 5 aromatic carbocycles. The van der Waals surface area contributed by atoms with Gasteiger partial charge in [0, 0.05) is 11.6 Å². The average molecular weight is 846 g/mol. The smallest absolute Gasteiger partial charge is 0.0696 e. The quantitative estimate of drug-likeness (QED) is 0.0786. The molecule has 0 amide bonds. The van der Waals surface area contributed by atoms with E-state index in [1.165, 1.54) is 87.7 Å². The molecule has 1 saturated carbocycles. The lowest BCUT2D eigenvalue weighted by molar-refractivity contribution is 0.323. The predicted octanol–water partition coefficient (Wildman–Crippen LogP) is 17.3. The van der Waals surface area contributed by atoms with Crippen molar-refractivity contribution in [1.29, 1.82) is 0 Å². The Morgan fingerprint density at radius 3 is 1.89 bits per heavy atom. The number of hydrogen-bond donors (Lipinski definition) is 0. The summed E-state index contributed by atoms with van der Waals surface area (Å²) in [4.78, 5) is 4.59. The molecular weight excluding hydrogens is 783 g/mol. The maximum absolute atomic E-state index is 4.59. The van der Waals surface area contributed by atoms with Gasteiger partial charge in [-0.15, -0.1) is 0 Å². The molecule has 1 unspecified atom stereocenters. The van der Waals surface area contributed by atoms with E-state index in [1.54, 1.807) is 5.57 Å². The van der Waals surface area contributed by atoms with Crippen molar-refractivity contribution in [1.82, 2.24) is 4.98 Å². The number of rotatable bonds is 14. The molecule has 1 aromatic heterocycles. The fourth-order valence-electron chi connectivity index (χ4n) is 10.1. The molecule has 1 heterocycles. The van der Waals surface area contributed by atoms with Gasteiger partial charge in [-0.05, 0) is 173 Å². The van der Waals surface area contributed by atoms with E-state index in [1.807, 2.05) is 55.6 Å². The van der Waals surface area contributed by atoms with Crippen LogP contribution in [0.2, 0.25) is 0 Å². The number of aromatic nitrogens is 1. The first-order valence-electron chi connectivity index (χ1n) is 23.6. The molecular formula is C64H63N. The average Bonchev–Trinajstić information content (AvgIpc) is 3.36. The number of pyridine rings is 1. The van der Waals surface area contributed by atoms with Crippen molar-refractivity contribution in [3.8, 4) is 11.1 Å². The predicted molar refractivity (Wildman–Crippen MR) is 280 cm³/mol. The molecule has 8 rings (SSSR count). The molecule has 2 aliphatic rings. The van der Waals surface area contributed by atoms with Gasteiger partial charge in [0.25, 0.3) is 0 Å². The molecule has 0 aliphatic heterocycles. The Hall–Kier alpha value is -6.83. The highest BCUT2D eigenvalue weighted by Gasteiger charge is 2.38. The lowest BCUT2D eigenvalue weighted by Crippen LogP contribution is -2.32. The SMILES string of the molecule is C=C(/C=C\C=C/C)C(=C)/C=C(/c1ccccc1)c1cc(C2CC=C(C3(c4ccc(-c5ccc(C)c(/C(=C\C(=C)c6ccccn6)c6ccccc6)c5)cc4)CCCCC3)CC2)ccc1C. The second kappa shape index (κ2) is 20.8. The number of allylic oxidation sites excluding steroid dienone is 11. The number of hydrogen-bond acceptors (Lipinski definition) is 1. The van der Waals surface area contributed by atoms with Crippen molar-refractivity contribution in [2.45, 2.75) is 83.5 Å². The zero-order valence-corrected chi connectivity index (χ0v) is 38.7. The van der Waals surface area contributed by atoms with Crippen LogP contribution in [0, 0.1) is 13.8 Å². The zero-order valence-electron chi connectivity index (χ0n) is 38.7. The minimum Gasteiger partial charge on any atom is -0.256 e. The van der Waals surface area contributed by atoms with Crippen molar-refractivity contribution in [2.24, 2.45) is 0 Å². The second-order valence-electron chi connectivity index (χ2n) is 18.0. The van der Waals surface area contributed by atoms with Gasteiger partial charge in [-0.25, -0.2) is 0 Å². The summed E-state index contributed by atoms with van der Waals surface area (Å²) >= 11 is 0. The first-order valence-corrected chi connectivity index (χ1v) is 23.6. The van der Waals surface area contributed by atoms with Gasteiger partial charge < -0.3 is 0 Å². The van der Waals surface area contributed by atoms with E-state index in [0.717, 1.165) is 52.8 Å². The third-order valence-electron chi connectivity index (χ3n) is 13.9. The molecule has 0 bridgehead atoms. The highest BCUT2D eigenvalue weighted by atomic mass is 14.7. The van der Waals surface area contributed by atoms with E-state index in [9.17, 15) is 0 Å². The number of nitrogens with zero attached hydrogens (tertiary/aromatic N) is 1. The summed E-state index contributed by atoms with van der Waals surface area (Å²) in [6, 6.07) is 51.1. The molecule has 0 saturated heterocycles. The summed E-state index contributed by atoms with van der Waals surface area (Å²) in [5, 5.41) is 0. The van der Waals surface area contributed by atoms with E-state index in [0.29, 0.717) is 5.92 Å². The van der Waals surface area contributed by atoms with Gasteiger partial charge in [0.1, 0.15) is 0 Å². The molecule has 2 aliphatic carbocycles. The lowest BCUT2D eigenvalue weighted by Gasteiger charge is -2.42. The van der Waals surface area contributed by atoms with Gasteiger partial charge >= 0.3 is 0 Å². The maximum atomic E-state index is 4.59. The van der Waals surface area contributed by atoms with Gasteiger partial charge in [-0.2, -0.15) is 0 Å². The Kier molecular flexibility index (Phi) is 14.3. The summed E-state index contributed by atoms with van der Waals surface area (Å²) in [6.45, 7) is 19.7.